The third-order valence-electron chi connectivity index (χ3n) is 3.73. The van der Waals surface area contributed by atoms with E-state index in [1.54, 1.807) is 4.90 Å². The summed E-state index contributed by atoms with van der Waals surface area (Å²) in [7, 11) is 1.39. The van der Waals surface area contributed by atoms with Crippen LogP contribution in [0.15, 0.2) is 0 Å². The van der Waals surface area contributed by atoms with E-state index in [9.17, 15) is 9.59 Å². The molecule has 0 aromatic carbocycles. The van der Waals surface area contributed by atoms with Crippen LogP contribution in [0.25, 0.3) is 0 Å². The van der Waals surface area contributed by atoms with Crippen LogP contribution in [0.2, 0.25) is 0 Å². The maximum absolute atomic E-state index is 11.2. The lowest BCUT2D eigenvalue weighted by atomic mass is 9.88. The second kappa shape index (κ2) is 4.31. The Morgan fingerprint density at radius 3 is 2.31 bits per heavy atom. The van der Waals surface area contributed by atoms with E-state index < -0.39 is 6.09 Å². The molecule has 16 heavy (non-hydrogen) atoms. The Balaban J connectivity index is 1.97. The van der Waals surface area contributed by atoms with Gasteiger partial charge >= 0.3 is 12.1 Å². The maximum Gasteiger partial charge on any atom is 0.407 e. The molecule has 2 bridgehead atoms. The highest BCUT2D eigenvalue weighted by atomic mass is 16.5. The van der Waals surface area contributed by atoms with Gasteiger partial charge in [0.05, 0.1) is 7.11 Å². The molecule has 90 valence electrons. The summed E-state index contributed by atoms with van der Waals surface area (Å²) in [6, 6.07) is 0.233. The smallest absolute Gasteiger partial charge is 0.407 e. The number of fused-ring (bicyclic) bond motifs is 2. The Kier molecular flexibility index (Phi) is 3.03. The molecule has 2 atom stereocenters. The molecule has 1 N–H and O–H groups in total. The second-order valence-electron chi connectivity index (χ2n) is 4.69. The molecule has 5 heteroatoms. The largest absolute Gasteiger partial charge is 0.469 e. The number of nitrogens with zero attached hydrogens (tertiary/aromatic N) is 1. The standard InChI is InChI=1S/C11H17NO4/c1-16-10(13)6-7-4-8-2-3-9(5-7)12(8)11(14)15/h7-9H,2-6H2,1H3,(H,14,15)/t8-,9-/m0/s1. The van der Waals surface area contributed by atoms with Crippen molar-refractivity contribution in [1.29, 1.82) is 0 Å². The van der Waals surface area contributed by atoms with Crippen molar-refractivity contribution in [2.75, 3.05) is 7.11 Å². The zero-order chi connectivity index (χ0) is 11.7. The van der Waals surface area contributed by atoms with Crippen molar-refractivity contribution >= 4 is 12.1 Å². The lowest BCUT2D eigenvalue weighted by Gasteiger charge is -2.36. The van der Waals surface area contributed by atoms with Gasteiger partial charge in [0.15, 0.2) is 0 Å². The molecule has 5 nitrogen and oxygen atoms in total. The van der Waals surface area contributed by atoms with E-state index in [2.05, 4.69) is 4.74 Å². The lowest BCUT2D eigenvalue weighted by Crippen LogP contribution is -2.46. The van der Waals surface area contributed by atoms with Crippen LogP contribution in [0.1, 0.15) is 32.1 Å². The average Bonchev–Trinajstić information content (AvgIpc) is 2.51. The number of carboxylic acid groups (broad SMARTS) is 1. The number of rotatable bonds is 2. The van der Waals surface area contributed by atoms with E-state index in [4.69, 9.17) is 5.11 Å². The highest BCUT2D eigenvalue weighted by Crippen LogP contribution is 2.39. The summed E-state index contributed by atoms with van der Waals surface area (Å²) in [5, 5.41) is 9.07. The minimum absolute atomic E-state index is 0.117. The highest BCUT2D eigenvalue weighted by Gasteiger charge is 2.43. The predicted octanol–water partition coefficient (Wildman–Crippen LogP) is 1.47. The molecule has 1 amide bonds. The number of esters is 1. The molecule has 2 aliphatic rings. The van der Waals surface area contributed by atoms with Crippen molar-refractivity contribution in [1.82, 2.24) is 4.90 Å². The highest BCUT2D eigenvalue weighted by molar-refractivity contribution is 5.70. The van der Waals surface area contributed by atoms with Crippen LogP contribution in [-0.4, -0.2) is 41.3 Å². The number of hydrogen-bond donors (Lipinski definition) is 1. The van der Waals surface area contributed by atoms with Crippen LogP contribution in [0.5, 0.6) is 0 Å². The molecule has 0 spiro atoms. The molecule has 0 unspecified atom stereocenters. The van der Waals surface area contributed by atoms with Gasteiger partial charge in [0.1, 0.15) is 0 Å². The molecule has 2 fully saturated rings. The molecule has 2 aliphatic heterocycles. The van der Waals surface area contributed by atoms with E-state index in [0.717, 1.165) is 25.7 Å². The van der Waals surface area contributed by atoms with Crippen LogP contribution >= 0.6 is 0 Å². The molecular weight excluding hydrogens is 210 g/mol. The zero-order valence-corrected chi connectivity index (χ0v) is 9.39. The van der Waals surface area contributed by atoms with Crippen molar-refractivity contribution in [3.63, 3.8) is 0 Å². The van der Waals surface area contributed by atoms with E-state index in [-0.39, 0.29) is 18.1 Å². The van der Waals surface area contributed by atoms with Gasteiger partial charge in [0.2, 0.25) is 0 Å². The molecular formula is C11H17NO4. The number of carbonyl (C=O) groups excluding carboxylic acids is 1. The molecule has 0 aromatic rings. The fourth-order valence-corrected chi connectivity index (χ4v) is 3.09. The van der Waals surface area contributed by atoms with Crippen molar-refractivity contribution < 1.29 is 19.4 Å². The summed E-state index contributed by atoms with van der Waals surface area (Å²) in [5.74, 6) is 0.105. The lowest BCUT2D eigenvalue weighted by molar-refractivity contribution is -0.142. The van der Waals surface area contributed by atoms with Crippen LogP contribution in [0.4, 0.5) is 4.79 Å². The van der Waals surface area contributed by atoms with E-state index in [1.165, 1.54) is 7.11 Å². The van der Waals surface area contributed by atoms with E-state index in [1.807, 2.05) is 0 Å². The number of ether oxygens (including phenoxy) is 1. The van der Waals surface area contributed by atoms with Crippen LogP contribution < -0.4 is 0 Å². The number of methoxy groups -OCH3 is 1. The monoisotopic (exact) mass is 227 g/mol. The van der Waals surface area contributed by atoms with E-state index >= 15 is 0 Å². The molecule has 0 aromatic heterocycles. The Hall–Kier alpha value is -1.26. The Bertz CT molecular complexity index is 290. The zero-order valence-electron chi connectivity index (χ0n) is 9.39. The number of piperidine rings is 1. The van der Waals surface area contributed by atoms with Gasteiger partial charge in [0.25, 0.3) is 0 Å². The molecule has 0 radical (unpaired) electrons. The van der Waals surface area contributed by atoms with Crippen molar-refractivity contribution in [3.8, 4) is 0 Å². The van der Waals surface area contributed by atoms with Crippen molar-refractivity contribution in [2.24, 2.45) is 5.92 Å². The maximum atomic E-state index is 11.2. The van der Waals surface area contributed by atoms with Crippen molar-refractivity contribution in [3.05, 3.63) is 0 Å². The van der Waals surface area contributed by atoms with Gasteiger partial charge in [-0.3, -0.25) is 4.79 Å². The number of hydrogen-bond acceptors (Lipinski definition) is 3. The minimum Gasteiger partial charge on any atom is -0.469 e. The normalized spacial score (nSPS) is 32.6. The SMILES string of the molecule is COC(=O)CC1C[C@@H]2CC[C@@H](C1)N2C(=O)O. The average molecular weight is 227 g/mol. The van der Waals surface area contributed by atoms with Crippen LogP contribution in [0.3, 0.4) is 0 Å². The van der Waals surface area contributed by atoms with Gasteiger partial charge in [-0.05, 0) is 31.6 Å². The van der Waals surface area contributed by atoms with Crippen molar-refractivity contribution in [2.45, 2.75) is 44.2 Å². The van der Waals surface area contributed by atoms with Crippen LogP contribution in [-0.2, 0) is 9.53 Å². The summed E-state index contributed by atoms with van der Waals surface area (Å²) in [6.07, 6.45) is 3.10. The topological polar surface area (TPSA) is 66.8 Å². The first-order valence-corrected chi connectivity index (χ1v) is 5.70. The first-order chi connectivity index (χ1) is 7.61. The summed E-state index contributed by atoms with van der Waals surface area (Å²) in [6.45, 7) is 0. The Morgan fingerprint density at radius 2 is 1.88 bits per heavy atom. The third-order valence-corrected chi connectivity index (χ3v) is 3.73. The Labute approximate surface area is 94.4 Å². The Morgan fingerprint density at radius 1 is 1.31 bits per heavy atom. The van der Waals surface area contributed by atoms with Gasteiger partial charge in [-0.2, -0.15) is 0 Å². The minimum atomic E-state index is -0.816. The van der Waals surface area contributed by atoms with Gasteiger partial charge < -0.3 is 14.7 Å². The predicted molar refractivity (Wildman–Crippen MR) is 56.0 cm³/mol. The first-order valence-electron chi connectivity index (χ1n) is 5.70. The first kappa shape index (κ1) is 11.2. The molecule has 0 saturated carbocycles. The fraction of sp³-hybridized carbons (Fsp3) is 0.818. The summed E-state index contributed by atoms with van der Waals surface area (Å²) >= 11 is 0. The molecule has 2 rings (SSSR count). The van der Waals surface area contributed by atoms with E-state index in [0.29, 0.717) is 12.3 Å². The van der Waals surface area contributed by atoms with Gasteiger partial charge in [-0.25, -0.2) is 4.79 Å². The summed E-state index contributed by atoms with van der Waals surface area (Å²) in [5.41, 5.74) is 0. The molecule has 2 saturated heterocycles. The fourth-order valence-electron chi connectivity index (χ4n) is 3.09. The van der Waals surface area contributed by atoms with Gasteiger partial charge in [0, 0.05) is 18.5 Å². The quantitative estimate of drug-likeness (QED) is 0.725. The van der Waals surface area contributed by atoms with Crippen LogP contribution in [0, 0.1) is 5.92 Å². The van der Waals surface area contributed by atoms with Gasteiger partial charge in [-0.1, -0.05) is 0 Å². The molecule has 2 heterocycles. The van der Waals surface area contributed by atoms with Gasteiger partial charge in [-0.15, -0.1) is 0 Å². The molecule has 0 aliphatic carbocycles. The second-order valence-corrected chi connectivity index (χ2v) is 4.69. The summed E-state index contributed by atoms with van der Waals surface area (Å²) < 4.78 is 4.65. The third kappa shape index (κ3) is 1.99. The number of carbonyl (C=O) groups is 2. The number of amides is 1. The summed E-state index contributed by atoms with van der Waals surface area (Å²) in [4.78, 5) is 23.8.